The summed E-state index contributed by atoms with van der Waals surface area (Å²) in [7, 11) is 3.19. The zero-order valence-corrected chi connectivity index (χ0v) is 9.70. The number of nitrogens with zero attached hydrogens (tertiary/aromatic N) is 1. The van der Waals surface area contributed by atoms with Gasteiger partial charge in [-0.25, -0.2) is 0 Å². The topological polar surface area (TPSA) is 38.8 Å². The lowest BCUT2D eigenvalue weighted by Gasteiger charge is -2.30. The first-order valence-corrected chi connectivity index (χ1v) is 5.57. The molecule has 0 bridgehead atoms. The van der Waals surface area contributed by atoms with Gasteiger partial charge in [0.1, 0.15) is 0 Å². The second kappa shape index (κ2) is 6.80. The van der Waals surface area contributed by atoms with Gasteiger partial charge in [-0.2, -0.15) is 0 Å². The van der Waals surface area contributed by atoms with E-state index >= 15 is 0 Å². The van der Waals surface area contributed by atoms with Crippen LogP contribution in [0, 0.1) is 5.92 Å². The number of carbonyl (C=O) groups is 1. The molecule has 0 unspecified atom stereocenters. The Bertz CT molecular complexity index is 188. The lowest BCUT2D eigenvalue weighted by atomic mass is 9.97. The number of piperidine rings is 1. The van der Waals surface area contributed by atoms with Crippen LogP contribution in [0.2, 0.25) is 0 Å². The van der Waals surface area contributed by atoms with Gasteiger partial charge in [0.25, 0.3) is 0 Å². The van der Waals surface area contributed by atoms with Gasteiger partial charge in [-0.1, -0.05) is 0 Å². The molecule has 0 aromatic heterocycles. The predicted octanol–water partition coefficient (Wildman–Crippen LogP) is 0.908. The van der Waals surface area contributed by atoms with Crippen molar-refractivity contribution in [2.45, 2.75) is 19.3 Å². The fraction of sp³-hybridized carbons (Fsp3) is 0.909. The summed E-state index contributed by atoms with van der Waals surface area (Å²) in [6.45, 7) is 3.89. The summed E-state index contributed by atoms with van der Waals surface area (Å²) in [5.74, 6) is 0.0696. The Morgan fingerprint density at radius 1 is 1.33 bits per heavy atom. The molecule has 1 saturated heterocycles. The number of hydrogen-bond donors (Lipinski definition) is 0. The zero-order valence-electron chi connectivity index (χ0n) is 9.70. The molecule has 0 saturated carbocycles. The maximum absolute atomic E-state index is 11.3. The van der Waals surface area contributed by atoms with Gasteiger partial charge < -0.3 is 14.4 Å². The first-order valence-electron chi connectivity index (χ1n) is 5.57. The molecule has 0 aliphatic carbocycles. The summed E-state index contributed by atoms with van der Waals surface area (Å²) in [6.07, 6.45) is 2.93. The lowest BCUT2D eigenvalue weighted by Crippen LogP contribution is -2.37. The van der Waals surface area contributed by atoms with E-state index in [-0.39, 0.29) is 11.9 Å². The monoisotopic (exact) mass is 215 g/mol. The van der Waals surface area contributed by atoms with Crippen molar-refractivity contribution in [3.8, 4) is 0 Å². The van der Waals surface area contributed by atoms with Crippen molar-refractivity contribution in [2.75, 3.05) is 40.5 Å². The normalized spacial score (nSPS) is 19.1. The van der Waals surface area contributed by atoms with Crippen LogP contribution in [0.3, 0.4) is 0 Å². The highest BCUT2D eigenvalue weighted by atomic mass is 16.5. The molecule has 0 N–H and O–H groups in total. The van der Waals surface area contributed by atoms with Crippen LogP contribution in [0.25, 0.3) is 0 Å². The number of rotatable bonds is 5. The Balaban J connectivity index is 2.15. The Kier molecular flexibility index (Phi) is 5.65. The van der Waals surface area contributed by atoms with Gasteiger partial charge in [0.2, 0.25) is 0 Å². The first-order chi connectivity index (χ1) is 7.27. The first kappa shape index (κ1) is 12.5. The maximum atomic E-state index is 11.3. The Labute approximate surface area is 91.5 Å². The van der Waals surface area contributed by atoms with Gasteiger partial charge in [-0.3, -0.25) is 4.79 Å². The van der Waals surface area contributed by atoms with Crippen molar-refractivity contribution < 1.29 is 14.3 Å². The van der Waals surface area contributed by atoms with E-state index < -0.39 is 0 Å². The molecule has 15 heavy (non-hydrogen) atoms. The fourth-order valence-corrected chi connectivity index (χ4v) is 1.99. The standard InChI is InChI=1S/C11H21NO3/c1-14-9-3-6-12-7-4-10(5-8-12)11(13)15-2/h10H,3-9H2,1-2H3. The van der Waals surface area contributed by atoms with Crippen molar-refractivity contribution >= 4 is 5.97 Å². The average molecular weight is 215 g/mol. The number of esters is 1. The zero-order chi connectivity index (χ0) is 11.1. The van der Waals surface area contributed by atoms with Crippen molar-refractivity contribution in [1.82, 2.24) is 4.90 Å². The van der Waals surface area contributed by atoms with Gasteiger partial charge in [0.05, 0.1) is 13.0 Å². The highest BCUT2D eigenvalue weighted by Crippen LogP contribution is 2.18. The molecule has 4 nitrogen and oxygen atoms in total. The third kappa shape index (κ3) is 4.18. The summed E-state index contributed by atoms with van der Waals surface area (Å²) < 4.78 is 9.75. The van der Waals surface area contributed by atoms with E-state index in [1.165, 1.54) is 7.11 Å². The number of ether oxygens (including phenoxy) is 2. The molecule has 1 heterocycles. The molecule has 1 aliphatic heterocycles. The minimum absolute atomic E-state index is 0.0495. The number of likely N-dealkylation sites (tertiary alicyclic amines) is 1. The highest BCUT2D eigenvalue weighted by Gasteiger charge is 2.24. The van der Waals surface area contributed by atoms with Gasteiger partial charge in [-0.05, 0) is 32.4 Å². The van der Waals surface area contributed by atoms with Crippen molar-refractivity contribution in [3.05, 3.63) is 0 Å². The second-order valence-corrected chi connectivity index (χ2v) is 3.99. The van der Waals surface area contributed by atoms with E-state index in [0.717, 1.165) is 45.5 Å². The van der Waals surface area contributed by atoms with Gasteiger partial charge in [0, 0.05) is 20.3 Å². The number of hydrogen-bond acceptors (Lipinski definition) is 4. The van der Waals surface area contributed by atoms with E-state index in [9.17, 15) is 4.79 Å². The third-order valence-electron chi connectivity index (χ3n) is 2.94. The Hall–Kier alpha value is -0.610. The summed E-state index contributed by atoms with van der Waals surface area (Å²) >= 11 is 0. The van der Waals surface area contributed by atoms with E-state index in [0.29, 0.717) is 0 Å². The van der Waals surface area contributed by atoms with Crippen LogP contribution >= 0.6 is 0 Å². The molecule has 88 valence electrons. The smallest absolute Gasteiger partial charge is 0.308 e. The summed E-state index contributed by atoms with van der Waals surface area (Å²) in [5.41, 5.74) is 0. The van der Waals surface area contributed by atoms with E-state index in [2.05, 4.69) is 4.90 Å². The van der Waals surface area contributed by atoms with Crippen molar-refractivity contribution in [1.29, 1.82) is 0 Å². The second-order valence-electron chi connectivity index (χ2n) is 3.99. The fourth-order valence-electron chi connectivity index (χ4n) is 1.99. The van der Waals surface area contributed by atoms with E-state index in [1.807, 2.05) is 0 Å². The largest absolute Gasteiger partial charge is 0.469 e. The molecular weight excluding hydrogens is 194 g/mol. The van der Waals surface area contributed by atoms with Gasteiger partial charge >= 0.3 is 5.97 Å². The molecule has 0 amide bonds. The van der Waals surface area contributed by atoms with E-state index in [1.54, 1.807) is 7.11 Å². The van der Waals surface area contributed by atoms with Crippen LogP contribution in [0.5, 0.6) is 0 Å². The third-order valence-corrected chi connectivity index (χ3v) is 2.94. The van der Waals surface area contributed by atoms with Crippen LogP contribution in [-0.4, -0.2) is 51.3 Å². The summed E-state index contributed by atoms with van der Waals surface area (Å²) in [4.78, 5) is 13.7. The molecule has 1 rings (SSSR count). The molecule has 1 fully saturated rings. The number of carbonyl (C=O) groups excluding carboxylic acids is 1. The van der Waals surface area contributed by atoms with Gasteiger partial charge in [-0.15, -0.1) is 0 Å². The summed E-state index contributed by atoms with van der Waals surface area (Å²) in [6, 6.07) is 0. The molecule has 0 atom stereocenters. The minimum Gasteiger partial charge on any atom is -0.469 e. The maximum Gasteiger partial charge on any atom is 0.308 e. The van der Waals surface area contributed by atoms with Crippen LogP contribution in [-0.2, 0) is 14.3 Å². The Morgan fingerprint density at radius 2 is 2.00 bits per heavy atom. The van der Waals surface area contributed by atoms with Crippen LogP contribution in [0.15, 0.2) is 0 Å². The van der Waals surface area contributed by atoms with Gasteiger partial charge in [0.15, 0.2) is 0 Å². The molecule has 0 radical (unpaired) electrons. The SMILES string of the molecule is COCCCN1CCC(C(=O)OC)CC1. The van der Waals surface area contributed by atoms with Crippen molar-refractivity contribution in [2.24, 2.45) is 5.92 Å². The quantitative estimate of drug-likeness (QED) is 0.505. The average Bonchev–Trinajstić information content (AvgIpc) is 2.29. The molecule has 0 aromatic rings. The lowest BCUT2D eigenvalue weighted by molar-refractivity contribution is -0.147. The molecule has 4 heteroatoms. The number of methoxy groups -OCH3 is 2. The van der Waals surface area contributed by atoms with Crippen LogP contribution < -0.4 is 0 Å². The summed E-state index contributed by atoms with van der Waals surface area (Å²) in [5, 5.41) is 0. The molecular formula is C11H21NO3. The van der Waals surface area contributed by atoms with Crippen LogP contribution in [0.4, 0.5) is 0 Å². The molecule has 0 aromatic carbocycles. The highest BCUT2D eigenvalue weighted by molar-refractivity contribution is 5.72. The van der Waals surface area contributed by atoms with Crippen molar-refractivity contribution in [3.63, 3.8) is 0 Å². The minimum atomic E-state index is -0.0495. The van der Waals surface area contributed by atoms with Crippen LogP contribution in [0.1, 0.15) is 19.3 Å². The van der Waals surface area contributed by atoms with E-state index in [4.69, 9.17) is 9.47 Å². The molecule has 0 spiro atoms. The Morgan fingerprint density at radius 3 is 2.53 bits per heavy atom. The molecule has 1 aliphatic rings. The predicted molar refractivity (Wildman–Crippen MR) is 57.7 cm³/mol.